The van der Waals surface area contributed by atoms with Gasteiger partial charge in [-0.05, 0) is 37.1 Å². The minimum atomic E-state index is -0.305. The van der Waals surface area contributed by atoms with Gasteiger partial charge in [0.25, 0.3) is 0 Å². The number of rotatable bonds is 8. The largest absolute Gasteiger partial charge is 0.465 e. The summed E-state index contributed by atoms with van der Waals surface area (Å²) < 4.78 is 6.68. The highest BCUT2D eigenvalue weighted by Crippen LogP contribution is 2.21. The predicted octanol–water partition coefficient (Wildman–Crippen LogP) is 0.469. The fraction of sp³-hybridized carbons (Fsp3) is 0.818. The molecule has 0 spiro atoms. The minimum Gasteiger partial charge on any atom is -0.465 e. The summed E-state index contributed by atoms with van der Waals surface area (Å²) in [7, 11) is 0. The molecule has 1 unspecified atom stereocenters. The van der Waals surface area contributed by atoms with E-state index < -0.39 is 0 Å². The SMILES string of the molecule is CCOC(=O)C(C)Sc1nnnn1CCNC1CC1. The summed E-state index contributed by atoms with van der Waals surface area (Å²) in [6, 6.07) is 0.672. The first-order valence-corrected chi connectivity index (χ1v) is 7.41. The number of nitrogens with zero attached hydrogens (tertiary/aromatic N) is 4. The van der Waals surface area contributed by atoms with Gasteiger partial charge in [-0.15, -0.1) is 5.10 Å². The quantitative estimate of drug-likeness (QED) is 0.549. The standard InChI is InChI=1S/C11H19N5O2S/c1-3-18-10(17)8(2)19-11-13-14-15-16(11)7-6-12-9-4-5-9/h8-9,12H,3-7H2,1-2H3. The zero-order valence-electron chi connectivity index (χ0n) is 11.2. The molecule has 1 heterocycles. The zero-order valence-corrected chi connectivity index (χ0v) is 12.0. The lowest BCUT2D eigenvalue weighted by Crippen LogP contribution is -2.23. The van der Waals surface area contributed by atoms with Crippen molar-refractivity contribution in [3.63, 3.8) is 0 Å². The molecule has 1 aromatic heterocycles. The number of esters is 1. The lowest BCUT2D eigenvalue weighted by atomic mass is 10.5. The average molecular weight is 285 g/mol. The van der Waals surface area contributed by atoms with Gasteiger partial charge in [0.2, 0.25) is 5.16 Å². The van der Waals surface area contributed by atoms with Crippen LogP contribution in [0.2, 0.25) is 0 Å². The Morgan fingerprint density at radius 2 is 2.42 bits per heavy atom. The second-order valence-corrected chi connectivity index (χ2v) is 5.73. The van der Waals surface area contributed by atoms with Crippen molar-refractivity contribution in [1.82, 2.24) is 25.5 Å². The molecule has 1 aliphatic rings. The number of carbonyl (C=O) groups is 1. The van der Waals surface area contributed by atoms with E-state index in [-0.39, 0.29) is 11.2 Å². The molecule has 8 heteroatoms. The average Bonchev–Trinajstić information content (AvgIpc) is 3.11. The van der Waals surface area contributed by atoms with E-state index in [1.54, 1.807) is 18.5 Å². The summed E-state index contributed by atoms with van der Waals surface area (Å²) >= 11 is 1.32. The van der Waals surface area contributed by atoms with Gasteiger partial charge in [-0.2, -0.15) is 0 Å². The van der Waals surface area contributed by atoms with Gasteiger partial charge in [0, 0.05) is 12.6 Å². The third kappa shape index (κ3) is 4.46. The van der Waals surface area contributed by atoms with Crippen LogP contribution in [0.15, 0.2) is 5.16 Å². The van der Waals surface area contributed by atoms with E-state index in [1.807, 2.05) is 0 Å². The van der Waals surface area contributed by atoms with Crippen LogP contribution in [0.1, 0.15) is 26.7 Å². The van der Waals surface area contributed by atoms with Gasteiger partial charge in [0.05, 0.1) is 13.2 Å². The fourth-order valence-electron chi connectivity index (χ4n) is 1.55. The first-order valence-electron chi connectivity index (χ1n) is 6.53. The second-order valence-electron chi connectivity index (χ2n) is 4.43. The Morgan fingerprint density at radius 1 is 1.63 bits per heavy atom. The van der Waals surface area contributed by atoms with E-state index in [1.165, 1.54) is 24.6 Å². The van der Waals surface area contributed by atoms with Gasteiger partial charge < -0.3 is 10.1 Å². The van der Waals surface area contributed by atoms with Crippen LogP contribution in [0.5, 0.6) is 0 Å². The number of hydrogen-bond donors (Lipinski definition) is 1. The van der Waals surface area contributed by atoms with Crippen molar-refractivity contribution in [3.05, 3.63) is 0 Å². The van der Waals surface area contributed by atoms with Crippen LogP contribution in [-0.4, -0.2) is 50.6 Å². The fourth-order valence-corrected chi connectivity index (χ4v) is 2.36. The predicted molar refractivity (Wildman–Crippen MR) is 70.8 cm³/mol. The molecule has 1 fully saturated rings. The Hall–Kier alpha value is -1.15. The number of nitrogens with one attached hydrogen (secondary N) is 1. The molecule has 1 saturated carbocycles. The highest BCUT2D eigenvalue weighted by molar-refractivity contribution is 8.00. The van der Waals surface area contributed by atoms with Gasteiger partial charge >= 0.3 is 5.97 Å². The molecule has 0 amide bonds. The second kappa shape index (κ2) is 6.85. The Morgan fingerprint density at radius 3 is 3.11 bits per heavy atom. The van der Waals surface area contributed by atoms with Crippen LogP contribution in [-0.2, 0) is 16.1 Å². The number of aromatic nitrogens is 4. The summed E-state index contributed by atoms with van der Waals surface area (Å²) in [6.07, 6.45) is 2.52. The molecule has 1 atom stereocenters. The molecule has 0 radical (unpaired) electrons. The van der Waals surface area contributed by atoms with Crippen LogP contribution in [0.4, 0.5) is 0 Å². The third-order valence-corrected chi connectivity index (χ3v) is 3.78. The molecule has 1 aliphatic carbocycles. The number of tetrazole rings is 1. The number of hydrogen-bond acceptors (Lipinski definition) is 7. The third-order valence-electron chi connectivity index (χ3n) is 2.73. The maximum absolute atomic E-state index is 11.6. The molecule has 1 aromatic rings. The Kier molecular flexibility index (Phi) is 5.15. The molecule has 0 aromatic carbocycles. The first-order chi connectivity index (χ1) is 9.20. The molecule has 19 heavy (non-hydrogen) atoms. The highest BCUT2D eigenvalue weighted by Gasteiger charge is 2.21. The first kappa shape index (κ1) is 14.3. The van der Waals surface area contributed by atoms with E-state index in [9.17, 15) is 4.79 Å². The molecule has 1 N–H and O–H groups in total. The maximum atomic E-state index is 11.6. The number of carbonyl (C=O) groups excluding carboxylic acids is 1. The summed E-state index contributed by atoms with van der Waals surface area (Å²) in [5.74, 6) is -0.238. The van der Waals surface area contributed by atoms with E-state index in [0.29, 0.717) is 24.3 Å². The van der Waals surface area contributed by atoms with Crippen molar-refractivity contribution in [2.75, 3.05) is 13.2 Å². The van der Waals surface area contributed by atoms with Crippen molar-refractivity contribution in [3.8, 4) is 0 Å². The zero-order chi connectivity index (χ0) is 13.7. The summed E-state index contributed by atoms with van der Waals surface area (Å²) in [4.78, 5) is 11.6. The monoisotopic (exact) mass is 285 g/mol. The van der Waals surface area contributed by atoms with E-state index >= 15 is 0 Å². The summed E-state index contributed by atoms with van der Waals surface area (Å²) in [6.45, 7) is 5.53. The molecule has 0 saturated heterocycles. The van der Waals surface area contributed by atoms with Gasteiger partial charge in [-0.25, -0.2) is 4.68 Å². The summed E-state index contributed by atoms with van der Waals surface area (Å²) in [5.41, 5.74) is 0. The topological polar surface area (TPSA) is 81.9 Å². The van der Waals surface area contributed by atoms with Crippen LogP contribution in [0, 0.1) is 0 Å². The van der Waals surface area contributed by atoms with Crippen LogP contribution in [0.3, 0.4) is 0 Å². The van der Waals surface area contributed by atoms with Gasteiger partial charge in [-0.3, -0.25) is 4.79 Å². The van der Waals surface area contributed by atoms with E-state index in [2.05, 4.69) is 20.8 Å². The van der Waals surface area contributed by atoms with Crippen molar-refractivity contribution in [2.24, 2.45) is 0 Å². The Labute approximate surface area is 116 Å². The van der Waals surface area contributed by atoms with Gasteiger partial charge in [0.1, 0.15) is 5.25 Å². The van der Waals surface area contributed by atoms with Gasteiger partial charge in [0.15, 0.2) is 0 Å². The molecule has 106 valence electrons. The lowest BCUT2D eigenvalue weighted by molar-refractivity contribution is -0.142. The normalized spacial score (nSPS) is 16.3. The Balaban J connectivity index is 1.81. The van der Waals surface area contributed by atoms with Crippen LogP contribution >= 0.6 is 11.8 Å². The Bertz CT molecular complexity index is 421. The molecular weight excluding hydrogens is 266 g/mol. The molecule has 2 rings (SSSR count). The highest BCUT2D eigenvalue weighted by atomic mass is 32.2. The molecular formula is C11H19N5O2S. The van der Waals surface area contributed by atoms with Crippen LogP contribution < -0.4 is 5.32 Å². The van der Waals surface area contributed by atoms with Crippen molar-refractivity contribution >= 4 is 17.7 Å². The van der Waals surface area contributed by atoms with Crippen LogP contribution in [0.25, 0.3) is 0 Å². The molecule has 0 aliphatic heterocycles. The minimum absolute atomic E-state index is 0.238. The number of thioether (sulfide) groups is 1. The van der Waals surface area contributed by atoms with E-state index in [4.69, 9.17) is 4.74 Å². The molecule has 0 bridgehead atoms. The maximum Gasteiger partial charge on any atom is 0.319 e. The van der Waals surface area contributed by atoms with Crippen molar-refractivity contribution in [1.29, 1.82) is 0 Å². The molecule has 7 nitrogen and oxygen atoms in total. The van der Waals surface area contributed by atoms with E-state index in [0.717, 1.165) is 6.54 Å². The smallest absolute Gasteiger partial charge is 0.319 e. The number of ether oxygens (including phenoxy) is 1. The van der Waals surface area contributed by atoms with Crippen molar-refractivity contribution in [2.45, 2.75) is 49.7 Å². The van der Waals surface area contributed by atoms with Crippen molar-refractivity contribution < 1.29 is 9.53 Å². The lowest BCUT2D eigenvalue weighted by Gasteiger charge is -2.10. The summed E-state index contributed by atoms with van der Waals surface area (Å²) in [5, 5.41) is 15.3. The van der Waals surface area contributed by atoms with Gasteiger partial charge in [-0.1, -0.05) is 11.8 Å².